The summed E-state index contributed by atoms with van der Waals surface area (Å²) in [6.45, 7) is 0. The lowest BCUT2D eigenvalue weighted by Crippen LogP contribution is -2.13. The average molecular weight is 882 g/mol. The lowest BCUT2D eigenvalue weighted by atomic mass is 10.0. The molecule has 0 saturated carbocycles. The fourth-order valence-corrected chi connectivity index (χ4v) is 11.9. The van der Waals surface area contributed by atoms with Crippen molar-refractivity contribution in [2.75, 3.05) is 14.7 Å². The molecule has 0 unspecified atom stereocenters. The number of hydrogen-bond acceptors (Lipinski definition) is 6. The zero-order valence-electron chi connectivity index (χ0n) is 35.6. The van der Waals surface area contributed by atoms with Gasteiger partial charge in [-0.3, -0.25) is 0 Å². The Bertz CT molecular complexity index is 3860. The van der Waals surface area contributed by atoms with Crippen molar-refractivity contribution < 1.29 is 4.42 Å². The van der Waals surface area contributed by atoms with E-state index in [9.17, 15) is 0 Å². The number of furan rings is 1. The first-order valence-electron chi connectivity index (χ1n) is 22.2. The Labute approximate surface area is 389 Å². The van der Waals surface area contributed by atoms with Gasteiger partial charge in [0.2, 0.25) is 0 Å². The molecule has 0 N–H and O–H groups in total. The normalized spacial score (nSPS) is 11.6. The van der Waals surface area contributed by atoms with E-state index in [0.29, 0.717) is 0 Å². The molecule has 6 heteroatoms. The van der Waals surface area contributed by atoms with Gasteiger partial charge in [0, 0.05) is 103 Å². The van der Waals surface area contributed by atoms with E-state index in [1.807, 2.05) is 34.8 Å². The highest BCUT2D eigenvalue weighted by atomic mass is 32.1. The summed E-state index contributed by atoms with van der Waals surface area (Å²) in [6.07, 6.45) is 0. The molecule has 13 rings (SSSR count). The lowest BCUT2D eigenvalue weighted by molar-refractivity contribution is 0.669. The standard InChI is InChI=1S/C60H39N3OS2/c1-5-17-40(18-6-1)61(41-19-7-2-8-20-41)44-30-34-58-52(36-44)60-53(63(43-23-11-4-12-24-43)45-31-33-57-51(35-45)50-26-14-16-28-56(50)65-57)37-47(39-59(60)66-58)62(42-21-9-3-10-22-42)46-29-32-49-48-25-13-15-27-54(48)64-55(49)38-46/h1-39H. The maximum Gasteiger partial charge on any atom is 0.137 e. The molecule has 0 fully saturated rings. The van der Waals surface area contributed by atoms with E-state index in [0.717, 1.165) is 73.1 Å². The van der Waals surface area contributed by atoms with Gasteiger partial charge in [-0.2, -0.15) is 0 Å². The highest BCUT2D eigenvalue weighted by Gasteiger charge is 2.25. The summed E-state index contributed by atoms with van der Waals surface area (Å²) in [7, 11) is 0. The fourth-order valence-electron chi connectivity index (χ4n) is 9.64. The third kappa shape index (κ3) is 6.49. The van der Waals surface area contributed by atoms with E-state index < -0.39 is 0 Å². The molecule has 0 spiro atoms. The fraction of sp³-hybridized carbons (Fsp3) is 0. The third-order valence-corrected chi connectivity index (χ3v) is 14.8. The van der Waals surface area contributed by atoms with Crippen LogP contribution in [0.1, 0.15) is 0 Å². The maximum absolute atomic E-state index is 6.52. The highest BCUT2D eigenvalue weighted by molar-refractivity contribution is 7.26. The topological polar surface area (TPSA) is 22.9 Å². The molecule has 0 amide bonds. The molecular weight excluding hydrogens is 843 g/mol. The summed E-state index contributed by atoms with van der Waals surface area (Å²) in [5, 5.41) is 7.14. The first-order chi connectivity index (χ1) is 32.7. The van der Waals surface area contributed by atoms with Crippen molar-refractivity contribution in [2.45, 2.75) is 0 Å². The maximum atomic E-state index is 6.52. The van der Waals surface area contributed by atoms with E-state index >= 15 is 0 Å². The second-order valence-electron chi connectivity index (χ2n) is 16.5. The quantitative estimate of drug-likeness (QED) is 0.144. The molecule has 312 valence electrons. The summed E-state index contributed by atoms with van der Waals surface area (Å²) in [4.78, 5) is 7.19. The molecule has 10 aromatic carbocycles. The van der Waals surface area contributed by atoms with Crippen LogP contribution >= 0.6 is 22.7 Å². The highest BCUT2D eigenvalue weighted by Crippen LogP contribution is 2.51. The van der Waals surface area contributed by atoms with Crippen LogP contribution in [0.5, 0.6) is 0 Å². The molecular formula is C60H39N3OS2. The number of fused-ring (bicyclic) bond motifs is 9. The van der Waals surface area contributed by atoms with Crippen LogP contribution in [0.3, 0.4) is 0 Å². The van der Waals surface area contributed by atoms with Gasteiger partial charge >= 0.3 is 0 Å². The summed E-state index contributed by atoms with van der Waals surface area (Å²) in [6, 6.07) is 85.2. The van der Waals surface area contributed by atoms with Crippen LogP contribution in [0.25, 0.3) is 62.3 Å². The van der Waals surface area contributed by atoms with Crippen LogP contribution in [-0.4, -0.2) is 0 Å². The third-order valence-electron chi connectivity index (χ3n) is 12.6. The lowest BCUT2D eigenvalue weighted by Gasteiger charge is -2.30. The largest absolute Gasteiger partial charge is 0.456 e. The van der Waals surface area contributed by atoms with Crippen molar-refractivity contribution in [1.82, 2.24) is 0 Å². The Kier molecular flexibility index (Phi) is 9.18. The molecule has 66 heavy (non-hydrogen) atoms. The zero-order valence-corrected chi connectivity index (χ0v) is 37.2. The Morgan fingerprint density at radius 3 is 1.38 bits per heavy atom. The number of thiophene rings is 2. The van der Waals surface area contributed by atoms with Crippen molar-refractivity contribution in [3.05, 3.63) is 237 Å². The number of para-hydroxylation sites is 5. The van der Waals surface area contributed by atoms with E-state index in [1.54, 1.807) is 0 Å². The molecule has 0 saturated heterocycles. The molecule has 0 aliphatic carbocycles. The van der Waals surface area contributed by atoms with Gasteiger partial charge in [-0.25, -0.2) is 0 Å². The molecule has 3 heterocycles. The molecule has 0 atom stereocenters. The van der Waals surface area contributed by atoms with Gasteiger partial charge in [0.1, 0.15) is 11.2 Å². The summed E-state index contributed by atoms with van der Waals surface area (Å²) < 4.78 is 11.5. The number of nitrogens with zero attached hydrogens (tertiary/aromatic N) is 3. The van der Waals surface area contributed by atoms with E-state index in [1.165, 1.54) is 40.3 Å². The second-order valence-corrected chi connectivity index (χ2v) is 18.7. The summed E-state index contributed by atoms with van der Waals surface area (Å²) in [5.41, 5.74) is 11.4. The first-order valence-corrected chi connectivity index (χ1v) is 23.8. The van der Waals surface area contributed by atoms with Crippen LogP contribution in [0.15, 0.2) is 241 Å². The summed E-state index contributed by atoms with van der Waals surface area (Å²) in [5.74, 6) is 0. The van der Waals surface area contributed by atoms with Crippen molar-refractivity contribution in [2.24, 2.45) is 0 Å². The SMILES string of the molecule is c1ccc(N(c2ccc3c(c2)oc2ccccc23)c2cc(N(c3ccccc3)c3ccc4sc5ccccc5c4c3)c3c(c2)sc2ccc(N(c4ccccc4)c4ccccc4)cc23)cc1. The van der Waals surface area contributed by atoms with Crippen molar-refractivity contribution in [3.63, 3.8) is 0 Å². The molecule has 3 aromatic heterocycles. The zero-order chi connectivity index (χ0) is 43.6. The predicted octanol–water partition coefficient (Wildman–Crippen LogP) is 18.7. The summed E-state index contributed by atoms with van der Waals surface area (Å²) >= 11 is 3.69. The Hall–Kier alpha value is -8.16. The second kappa shape index (κ2) is 15.8. The Morgan fingerprint density at radius 1 is 0.258 bits per heavy atom. The molecule has 4 nitrogen and oxygen atoms in total. The number of rotatable bonds is 9. The van der Waals surface area contributed by atoms with Crippen LogP contribution in [-0.2, 0) is 0 Å². The van der Waals surface area contributed by atoms with Crippen LogP contribution in [0, 0.1) is 0 Å². The minimum absolute atomic E-state index is 0.855. The first kappa shape index (κ1) is 38.3. The van der Waals surface area contributed by atoms with Gasteiger partial charge in [-0.1, -0.05) is 109 Å². The molecule has 13 aromatic rings. The minimum Gasteiger partial charge on any atom is -0.456 e. The van der Waals surface area contributed by atoms with Crippen LogP contribution in [0.4, 0.5) is 51.2 Å². The molecule has 0 bridgehead atoms. The number of anilines is 9. The van der Waals surface area contributed by atoms with Gasteiger partial charge in [-0.05, 0) is 121 Å². The minimum atomic E-state index is 0.855. The Morgan fingerprint density at radius 2 is 0.712 bits per heavy atom. The predicted molar refractivity (Wildman–Crippen MR) is 284 cm³/mol. The van der Waals surface area contributed by atoms with Gasteiger partial charge in [-0.15, -0.1) is 22.7 Å². The van der Waals surface area contributed by atoms with E-state index in [-0.39, 0.29) is 0 Å². The van der Waals surface area contributed by atoms with Crippen molar-refractivity contribution in [1.29, 1.82) is 0 Å². The van der Waals surface area contributed by atoms with Crippen molar-refractivity contribution >= 4 is 136 Å². The van der Waals surface area contributed by atoms with Gasteiger partial charge < -0.3 is 19.1 Å². The van der Waals surface area contributed by atoms with Crippen LogP contribution in [0.2, 0.25) is 0 Å². The van der Waals surface area contributed by atoms with Crippen molar-refractivity contribution in [3.8, 4) is 0 Å². The molecule has 0 aliphatic rings. The Balaban J connectivity index is 1.10. The van der Waals surface area contributed by atoms with E-state index in [2.05, 4.69) is 239 Å². The smallest absolute Gasteiger partial charge is 0.137 e. The van der Waals surface area contributed by atoms with Gasteiger partial charge in [0.05, 0.1) is 5.69 Å². The monoisotopic (exact) mass is 881 g/mol. The van der Waals surface area contributed by atoms with Crippen LogP contribution < -0.4 is 14.7 Å². The van der Waals surface area contributed by atoms with Gasteiger partial charge in [0.15, 0.2) is 0 Å². The number of benzene rings is 10. The van der Waals surface area contributed by atoms with Gasteiger partial charge in [0.25, 0.3) is 0 Å². The molecule has 0 aliphatic heterocycles. The number of hydrogen-bond donors (Lipinski definition) is 0. The average Bonchev–Trinajstić information content (AvgIpc) is 4.06. The molecule has 0 radical (unpaired) electrons. The van der Waals surface area contributed by atoms with E-state index in [4.69, 9.17) is 4.42 Å².